The average Bonchev–Trinajstić information content (AvgIpc) is 2.73. The van der Waals surface area contributed by atoms with Gasteiger partial charge in [-0.1, -0.05) is 18.2 Å². The van der Waals surface area contributed by atoms with E-state index in [9.17, 15) is 4.79 Å². The number of piperidine rings is 1. The van der Waals surface area contributed by atoms with Crippen LogP contribution in [0.4, 0.5) is 11.8 Å². The van der Waals surface area contributed by atoms with Gasteiger partial charge in [0.25, 0.3) is 5.91 Å². The van der Waals surface area contributed by atoms with E-state index in [4.69, 9.17) is 4.98 Å². The molecule has 3 heterocycles. The summed E-state index contributed by atoms with van der Waals surface area (Å²) in [5, 5.41) is 3.15. The number of likely N-dealkylation sites (tertiary alicyclic amines) is 1. The van der Waals surface area contributed by atoms with Crippen molar-refractivity contribution in [2.75, 3.05) is 18.4 Å². The molecular weight excluding hydrogens is 364 g/mol. The van der Waals surface area contributed by atoms with Crippen LogP contribution in [0.15, 0.2) is 48.8 Å². The van der Waals surface area contributed by atoms with Gasteiger partial charge in [0.05, 0.1) is 11.9 Å². The maximum absolute atomic E-state index is 12.6. The van der Waals surface area contributed by atoms with E-state index < -0.39 is 0 Å². The molecule has 1 aliphatic heterocycles. The van der Waals surface area contributed by atoms with Gasteiger partial charge in [0.15, 0.2) is 5.82 Å². The molecule has 0 bridgehead atoms. The van der Waals surface area contributed by atoms with Gasteiger partial charge in [-0.2, -0.15) is 0 Å². The normalized spacial score (nSPS) is 14.6. The zero-order valence-corrected chi connectivity index (χ0v) is 16.7. The number of anilines is 2. The van der Waals surface area contributed by atoms with Gasteiger partial charge in [0, 0.05) is 42.2 Å². The van der Waals surface area contributed by atoms with E-state index in [1.165, 1.54) is 0 Å². The van der Waals surface area contributed by atoms with Crippen molar-refractivity contribution in [2.24, 2.45) is 0 Å². The second kappa shape index (κ2) is 8.34. The predicted octanol–water partition coefficient (Wildman–Crippen LogP) is 3.65. The Labute approximate surface area is 170 Å². The first-order valence-corrected chi connectivity index (χ1v) is 9.84. The smallest absolute Gasteiger partial charge is 0.253 e. The van der Waals surface area contributed by atoms with Crippen LogP contribution >= 0.6 is 0 Å². The van der Waals surface area contributed by atoms with E-state index in [0.29, 0.717) is 11.8 Å². The van der Waals surface area contributed by atoms with E-state index in [1.807, 2.05) is 61.3 Å². The minimum Gasteiger partial charge on any atom is -0.339 e. The molecule has 0 saturated carbocycles. The molecule has 29 heavy (non-hydrogen) atoms. The van der Waals surface area contributed by atoms with Gasteiger partial charge in [-0.05, 0) is 44.9 Å². The molecule has 4 rings (SSSR count). The van der Waals surface area contributed by atoms with Crippen LogP contribution in [-0.2, 0) is 0 Å². The van der Waals surface area contributed by atoms with Gasteiger partial charge in [-0.3, -0.25) is 9.78 Å². The van der Waals surface area contributed by atoms with Crippen molar-refractivity contribution in [2.45, 2.75) is 32.6 Å². The van der Waals surface area contributed by atoms with Gasteiger partial charge in [-0.15, -0.1) is 0 Å². The largest absolute Gasteiger partial charge is 0.339 e. The third-order valence-electron chi connectivity index (χ3n) is 5.10. The number of hydrogen-bond donors (Lipinski definition) is 1. The second-order valence-electron chi connectivity index (χ2n) is 7.36. The number of carbonyl (C=O) groups excluding carboxylic acids is 1. The quantitative estimate of drug-likeness (QED) is 0.734. The highest BCUT2D eigenvalue weighted by Gasteiger charge is 2.25. The van der Waals surface area contributed by atoms with Crippen LogP contribution in [0.25, 0.3) is 0 Å². The lowest BCUT2D eigenvalue weighted by atomic mass is 9.93. The monoisotopic (exact) mass is 388 g/mol. The van der Waals surface area contributed by atoms with E-state index in [0.717, 1.165) is 48.6 Å². The summed E-state index contributed by atoms with van der Waals surface area (Å²) in [6.07, 6.45) is 5.24. The van der Waals surface area contributed by atoms with Crippen molar-refractivity contribution in [3.63, 3.8) is 0 Å². The summed E-state index contributed by atoms with van der Waals surface area (Å²) in [6, 6.07) is 11.4. The zero-order chi connectivity index (χ0) is 20.2. The molecule has 1 fully saturated rings. The maximum Gasteiger partial charge on any atom is 0.253 e. The fourth-order valence-corrected chi connectivity index (χ4v) is 3.68. The Morgan fingerprint density at radius 3 is 2.38 bits per heavy atom. The molecular formula is C22H24N6O. The highest BCUT2D eigenvalue weighted by Crippen LogP contribution is 2.28. The topological polar surface area (TPSA) is 83.9 Å². The number of benzene rings is 1. The van der Waals surface area contributed by atoms with E-state index in [2.05, 4.69) is 20.3 Å². The third kappa shape index (κ3) is 4.56. The Morgan fingerprint density at radius 1 is 1.00 bits per heavy atom. The third-order valence-corrected chi connectivity index (χ3v) is 5.10. The number of nitrogens with one attached hydrogen (secondary N) is 1. The van der Waals surface area contributed by atoms with Crippen LogP contribution in [0, 0.1) is 13.8 Å². The molecule has 2 aromatic heterocycles. The van der Waals surface area contributed by atoms with Crippen molar-refractivity contribution < 1.29 is 4.79 Å². The predicted molar refractivity (Wildman–Crippen MR) is 111 cm³/mol. The van der Waals surface area contributed by atoms with Crippen molar-refractivity contribution in [1.29, 1.82) is 0 Å². The molecule has 0 aliphatic carbocycles. The Balaban J connectivity index is 1.41. The molecule has 0 unspecified atom stereocenters. The molecule has 1 aromatic carbocycles. The number of aryl methyl sites for hydroxylation is 2. The molecule has 7 nitrogen and oxygen atoms in total. The number of rotatable bonds is 4. The minimum absolute atomic E-state index is 0.0949. The number of carbonyl (C=O) groups is 1. The number of amides is 1. The van der Waals surface area contributed by atoms with Crippen LogP contribution in [-0.4, -0.2) is 43.8 Å². The molecule has 0 spiro atoms. The van der Waals surface area contributed by atoms with Crippen LogP contribution in [0.5, 0.6) is 0 Å². The molecule has 0 atom stereocenters. The van der Waals surface area contributed by atoms with E-state index in [-0.39, 0.29) is 11.8 Å². The fraction of sp³-hybridized carbons (Fsp3) is 0.318. The average molecular weight is 388 g/mol. The first-order valence-electron chi connectivity index (χ1n) is 9.84. The van der Waals surface area contributed by atoms with Gasteiger partial charge in [0.2, 0.25) is 5.95 Å². The van der Waals surface area contributed by atoms with Crippen LogP contribution in [0.3, 0.4) is 0 Å². The van der Waals surface area contributed by atoms with Gasteiger partial charge in [0.1, 0.15) is 0 Å². The Hall–Kier alpha value is -3.35. The summed E-state index contributed by atoms with van der Waals surface area (Å²) >= 11 is 0. The lowest BCUT2D eigenvalue weighted by molar-refractivity contribution is 0.0712. The standard InChI is InChI=1S/C22H24N6O/c1-15-12-16(2)25-22(24-15)27-20-14-23-13-19(26-20)17-8-10-28(11-9-17)21(29)18-6-4-3-5-7-18/h3-7,12-14,17H,8-11H2,1-2H3,(H,24,25,26,27). The van der Waals surface area contributed by atoms with Crippen molar-refractivity contribution in [1.82, 2.24) is 24.8 Å². The van der Waals surface area contributed by atoms with Crippen LogP contribution < -0.4 is 5.32 Å². The molecule has 7 heteroatoms. The molecule has 148 valence electrons. The van der Waals surface area contributed by atoms with E-state index >= 15 is 0 Å². The highest BCUT2D eigenvalue weighted by atomic mass is 16.2. The summed E-state index contributed by atoms with van der Waals surface area (Å²) < 4.78 is 0. The molecule has 0 radical (unpaired) electrons. The first-order chi connectivity index (χ1) is 14.1. The summed E-state index contributed by atoms with van der Waals surface area (Å²) in [5.74, 6) is 1.54. The Kier molecular flexibility index (Phi) is 5.46. The molecule has 1 aliphatic rings. The van der Waals surface area contributed by atoms with Crippen molar-refractivity contribution in [3.8, 4) is 0 Å². The summed E-state index contributed by atoms with van der Waals surface area (Å²) in [7, 11) is 0. The van der Waals surface area contributed by atoms with Gasteiger partial charge in [-0.25, -0.2) is 15.0 Å². The number of nitrogens with zero attached hydrogens (tertiary/aromatic N) is 5. The second-order valence-corrected chi connectivity index (χ2v) is 7.36. The SMILES string of the molecule is Cc1cc(C)nc(Nc2cncc(C3CCN(C(=O)c4ccccc4)CC3)n2)n1. The Bertz CT molecular complexity index is 979. The van der Waals surface area contributed by atoms with Crippen LogP contribution in [0.1, 0.15) is 46.2 Å². The van der Waals surface area contributed by atoms with Gasteiger partial charge < -0.3 is 10.2 Å². The lowest BCUT2D eigenvalue weighted by Crippen LogP contribution is -2.38. The lowest BCUT2D eigenvalue weighted by Gasteiger charge is -2.31. The maximum atomic E-state index is 12.6. The van der Waals surface area contributed by atoms with E-state index in [1.54, 1.807) is 6.20 Å². The van der Waals surface area contributed by atoms with Crippen LogP contribution in [0.2, 0.25) is 0 Å². The number of aromatic nitrogens is 4. The minimum atomic E-state index is 0.0949. The first kappa shape index (κ1) is 19.0. The molecule has 1 amide bonds. The Morgan fingerprint density at radius 2 is 1.69 bits per heavy atom. The summed E-state index contributed by atoms with van der Waals surface area (Å²) in [6.45, 7) is 5.31. The molecule has 1 saturated heterocycles. The fourth-order valence-electron chi connectivity index (χ4n) is 3.68. The summed E-state index contributed by atoms with van der Waals surface area (Å²) in [5.41, 5.74) is 3.48. The zero-order valence-electron chi connectivity index (χ0n) is 16.7. The number of hydrogen-bond acceptors (Lipinski definition) is 6. The van der Waals surface area contributed by atoms with Gasteiger partial charge >= 0.3 is 0 Å². The molecule has 3 aromatic rings. The van der Waals surface area contributed by atoms with Crippen molar-refractivity contribution >= 4 is 17.7 Å². The summed E-state index contributed by atoms with van der Waals surface area (Å²) in [4.78, 5) is 32.4. The highest BCUT2D eigenvalue weighted by molar-refractivity contribution is 5.94. The van der Waals surface area contributed by atoms with Crippen molar-refractivity contribution in [3.05, 3.63) is 71.4 Å². The molecule has 1 N–H and O–H groups in total.